The van der Waals surface area contributed by atoms with E-state index in [1.165, 1.54) is 4.57 Å². The van der Waals surface area contributed by atoms with Crippen molar-refractivity contribution in [2.24, 2.45) is 5.73 Å². The number of piperidine rings is 1. The van der Waals surface area contributed by atoms with Gasteiger partial charge in [0, 0.05) is 25.2 Å². The Morgan fingerprint density at radius 2 is 1.87 bits per heavy atom. The van der Waals surface area contributed by atoms with Crippen molar-refractivity contribution in [1.82, 2.24) is 18.7 Å². The van der Waals surface area contributed by atoms with Crippen LogP contribution >= 0.6 is 0 Å². The standard InChI is InChI=1S/C29H29N7O2/c1-2-3-15-34-25-26(32-28(34)33-14-6-7-21(31)18-33)36(22-12-13-22)29(38)35(27(25)37)17-20-11-10-19(16-30)23-8-4-5-9-24(20)23/h4-5,8-11,21-22H,6-7,12-15,17-18,31H2,1H3/t21-/m1/s1. The van der Waals surface area contributed by atoms with E-state index in [4.69, 9.17) is 10.7 Å². The highest BCUT2D eigenvalue weighted by Crippen LogP contribution is 2.36. The molecule has 2 fully saturated rings. The molecular formula is C29H29N7O2. The van der Waals surface area contributed by atoms with Gasteiger partial charge >= 0.3 is 5.69 Å². The average molecular weight is 508 g/mol. The maximum absolute atomic E-state index is 14.1. The summed E-state index contributed by atoms with van der Waals surface area (Å²) in [6, 6.07) is 13.5. The number of anilines is 1. The van der Waals surface area contributed by atoms with Gasteiger partial charge in [-0.2, -0.15) is 10.2 Å². The number of rotatable bonds is 5. The first-order valence-electron chi connectivity index (χ1n) is 13.1. The lowest BCUT2D eigenvalue weighted by molar-refractivity contribution is 0.496. The molecule has 9 nitrogen and oxygen atoms in total. The Balaban J connectivity index is 1.59. The molecule has 6 rings (SSSR count). The van der Waals surface area contributed by atoms with Crippen molar-refractivity contribution in [3.8, 4) is 17.9 Å². The summed E-state index contributed by atoms with van der Waals surface area (Å²) in [4.78, 5) is 35.0. The van der Waals surface area contributed by atoms with Crippen molar-refractivity contribution in [3.05, 3.63) is 68.4 Å². The van der Waals surface area contributed by atoms with Gasteiger partial charge in [-0.15, -0.1) is 5.92 Å². The molecule has 0 radical (unpaired) electrons. The first kappa shape index (κ1) is 24.0. The smallest absolute Gasteiger partial charge is 0.333 e. The van der Waals surface area contributed by atoms with Crippen molar-refractivity contribution in [3.63, 3.8) is 0 Å². The molecule has 9 heteroatoms. The second-order valence-electron chi connectivity index (χ2n) is 10.1. The van der Waals surface area contributed by atoms with Crippen LogP contribution in [0.3, 0.4) is 0 Å². The molecule has 0 unspecified atom stereocenters. The van der Waals surface area contributed by atoms with E-state index in [1.807, 2.05) is 34.9 Å². The molecule has 1 saturated heterocycles. The minimum Gasteiger partial charge on any atom is -0.341 e. The lowest BCUT2D eigenvalue weighted by atomic mass is 10.00. The third kappa shape index (κ3) is 3.96. The van der Waals surface area contributed by atoms with Gasteiger partial charge in [0.25, 0.3) is 5.56 Å². The minimum absolute atomic E-state index is 0.0200. The molecule has 3 heterocycles. The predicted octanol–water partition coefficient (Wildman–Crippen LogP) is 2.72. The number of hydrogen-bond acceptors (Lipinski definition) is 6. The number of nitrogens with zero attached hydrogens (tertiary/aromatic N) is 6. The largest absolute Gasteiger partial charge is 0.341 e. The summed E-state index contributed by atoms with van der Waals surface area (Å²) in [5.41, 5.74) is 7.73. The van der Waals surface area contributed by atoms with Crippen LogP contribution in [0.2, 0.25) is 0 Å². The quantitative estimate of drug-likeness (QED) is 0.416. The molecule has 2 aromatic carbocycles. The van der Waals surface area contributed by atoms with Crippen LogP contribution in [0.5, 0.6) is 0 Å². The van der Waals surface area contributed by atoms with Crippen LogP contribution in [0.15, 0.2) is 46.0 Å². The van der Waals surface area contributed by atoms with Gasteiger partial charge in [0.05, 0.1) is 24.7 Å². The van der Waals surface area contributed by atoms with Gasteiger partial charge < -0.3 is 10.6 Å². The lowest BCUT2D eigenvalue weighted by Crippen LogP contribution is -2.44. The number of fused-ring (bicyclic) bond motifs is 2. The Hall–Kier alpha value is -4.34. The molecule has 2 N–H and O–H groups in total. The third-order valence-corrected chi connectivity index (χ3v) is 7.57. The van der Waals surface area contributed by atoms with Crippen LogP contribution in [-0.4, -0.2) is 37.8 Å². The van der Waals surface area contributed by atoms with Gasteiger partial charge in [0.15, 0.2) is 11.2 Å². The van der Waals surface area contributed by atoms with Crippen molar-refractivity contribution in [2.75, 3.05) is 18.0 Å². The van der Waals surface area contributed by atoms with Crippen LogP contribution in [-0.2, 0) is 13.1 Å². The highest BCUT2D eigenvalue weighted by Gasteiger charge is 2.33. The summed E-state index contributed by atoms with van der Waals surface area (Å²) < 4.78 is 4.88. The zero-order valence-electron chi connectivity index (χ0n) is 21.4. The lowest BCUT2D eigenvalue weighted by Gasteiger charge is -2.31. The van der Waals surface area contributed by atoms with E-state index in [-0.39, 0.29) is 29.9 Å². The van der Waals surface area contributed by atoms with Crippen molar-refractivity contribution in [2.45, 2.75) is 57.8 Å². The van der Waals surface area contributed by atoms with E-state index in [0.29, 0.717) is 35.8 Å². The number of nitrogens with two attached hydrogens (primary N) is 1. The second-order valence-corrected chi connectivity index (χ2v) is 10.1. The summed E-state index contributed by atoms with van der Waals surface area (Å²) in [6.45, 7) is 3.59. The molecule has 1 atom stereocenters. The molecule has 2 aliphatic rings. The molecule has 38 heavy (non-hydrogen) atoms. The highest BCUT2D eigenvalue weighted by atomic mass is 16.2. The van der Waals surface area contributed by atoms with Gasteiger partial charge in [-0.25, -0.2) is 4.79 Å². The SMILES string of the molecule is CC#CCn1c(N2CCC[C@@H](N)C2)nc2c1c(=O)n(Cc1ccc(C#N)c3ccccc13)c(=O)n2C1CC1. The molecule has 0 spiro atoms. The Morgan fingerprint density at radius 3 is 2.58 bits per heavy atom. The van der Waals surface area contributed by atoms with E-state index >= 15 is 0 Å². The fourth-order valence-electron chi connectivity index (χ4n) is 5.55. The molecule has 1 aliphatic heterocycles. The maximum Gasteiger partial charge on any atom is 0.333 e. The number of imidazole rings is 1. The maximum atomic E-state index is 14.1. The van der Waals surface area contributed by atoms with Gasteiger partial charge in [0.2, 0.25) is 5.95 Å². The first-order valence-corrected chi connectivity index (χ1v) is 13.1. The topological polar surface area (TPSA) is 115 Å². The van der Waals surface area contributed by atoms with Crippen molar-refractivity contribution in [1.29, 1.82) is 5.26 Å². The molecule has 0 amide bonds. The molecule has 2 aromatic heterocycles. The number of hydrogen-bond donors (Lipinski definition) is 1. The van der Waals surface area contributed by atoms with Gasteiger partial charge in [-0.3, -0.25) is 18.5 Å². The number of aromatic nitrogens is 4. The van der Waals surface area contributed by atoms with E-state index < -0.39 is 0 Å². The number of nitriles is 1. The van der Waals surface area contributed by atoms with Crippen LogP contribution in [0.1, 0.15) is 49.8 Å². The fraction of sp³-hybridized carbons (Fsp3) is 0.379. The molecular weight excluding hydrogens is 478 g/mol. The Kier molecular flexibility index (Phi) is 6.01. The molecule has 192 valence electrons. The summed E-state index contributed by atoms with van der Waals surface area (Å²) in [5, 5.41) is 11.2. The molecule has 0 bridgehead atoms. The normalized spacial score (nSPS) is 17.4. The van der Waals surface area contributed by atoms with Crippen LogP contribution < -0.4 is 21.9 Å². The van der Waals surface area contributed by atoms with Gasteiger partial charge in [-0.1, -0.05) is 36.3 Å². The Labute approximate surface area is 219 Å². The van der Waals surface area contributed by atoms with E-state index in [9.17, 15) is 14.9 Å². The first-order chi connectivity index (χ1) is 18.5. The minimum atomic E-state index is -0.381. The molecule has 1 saturated carbocycles. The summed E-state index contributed by atoms with van der Waals surface area (Å²) >= 11 is 0. The third-order valence-electron chi connectivity index (χ3n) is 7.57. The Morgan fingerprint density at radius 1 is 1.08 bits per heavy atom. The zero-order valence-corrected chi connectivity index (χ0v) is 21.4. The van der Waals surface area contributed by atoms with Crippen molar-refractivity contribution >= 4 is 27.9 Å². The van der Waals surface area contributed by atoms with E-state index in [1.54, 1.807) is 17.6 Å². The van der Waals surface area contributed by atoms with Crippen LogP contribution in [0.25, 0.3) is 21.9 Å². The number of benzene rings is 2. The van der Waals surface area contributed by atoms with Crippen molar-refractivity contribution < 1.29 is 0 Å². The second kappa shape index (κ2) is 9.51. The molecule has 4 aromatic rings. The fourth-order valence-corrected chi connectivity index (χ4v) is 5.55. The van der Waals surface area contributed by atoms with E-state index in [2.05, 4.69) is 22.8 Å². The summed E-state index contributed by atoms with van der Waals surface area (Å²) in [5.74, 6) is 6.67. The van der Waals surface area contributed by atoms with E-state index in [0.717, 1.165) is 48.6 Å². The van der Waals surface area contributed by atoms with Crippen LogP contribution in [0.4, 0.5) is 5.95 Å². The Bertz CT molecular complexity index is 1790. The summed E-state index contributed by atoms with van der Waals surface area (Å²) in [6.07, 6.45) is 3.63. The zero-order chi connectivity index (χ0) is 26.4. The monoisotopic (exact) mass is 507 g/mol. The molecule has 1 aliphatic carbocycles. The predicted molar refractivity (Wildman–Crippen MR) is 147 cm³/mol. The van der Waals surface area contributed by atoms with Gasteiger partial charge in [-0.05, 0) is 55.0 Å². The van der Waals surface area contributed by atoms with Gasteiger partial charge in [0.1, 0.15) is 0 Å². The highest BCUT2D eigenvalue weighted by molar-refractivity contribution is 5.90. The summed E-state index contributed by atoms with van der Waals surface area (Å²) in [7, 11) is 0. The van der Waals surface area contributed by atoms with Crippen LogP contribution in [0, 0.1) is 23.2 Å². The average Bonchev–Trinajstić information content (AvgIpc) is 3.69.